The van der Waals surface area contributed by atoms with Crippen molar-refractivity contribution < 1.29 is 4.79 Å². The SMILES string of the molecule is Cc1cccc(C2CCCN2C(=O)c2cn(C3CCNCC3)nn2)c1C.Cl. The first-order chi connectivity index (χ1) is 12.6. The number of carbonyl (C=O) groups is 1. The van der Waals surface area contributed by atoms with Gasteiger partial charge in [-0.05, 0) is 69.3 Å². The van der Waals surface area contributed by atoms with E-state index in [4.69, 9.17) is 0 Å². The van der Waals surface area contributed by atoms with E-state index in [0.717, 1.165) is 45.3 Å². The standard InChI is InChI=1S/C20H27N5O.ClH/c1-14-5-3-6-17(15(14)2)19-7-4-12-24(19)20(26)18-13-25(23-22-18)16-8-10-21-11-9-16;/h3,5-6,13,16,19,21H,4,7-12H2,1-2H3;1H. The molecule has 2 aliphatic heterocycles. The van der Waals surface area contributed by atoms with Crippen LogP contribution in [-0.4, -0.2) is 45.4 Å². The first-order valence-corrected chi connectivity index (χ1v) is 9.65. The monoisotopic (exact) mass is 389 g/mol. The number of likely N-dealkylation sites (tertiary alicyclic amines) is 1. The van der Waals surface area contributed by atoms with E-state index in [1.807, 2.05) is 15.8 Å². The van der Waals surface area contributed by atoms with Crippen LogP contribution in [0.1, 0.15) is 64.9 Å². The van der Waals surface area contributed by atoms with Gasteiger partial charge in [0.2, 0.25) is 0 Å². The van der Waals surface area contributed by atoms with Gasteiger partial charge in [0.05, 0.1) is 18.3 Å². The number of carbonyl (C=O) groups excluding carboxylic acids is 1. The average Bonchev–Trinajstić information content (AvgIpc) is 3.34. The molecule has 1 unspecified atom stereocenters. The van der Waals surface area contributed by atoms with Crippen LogP contribution in [0.4, 0.5) is 0 Å². The van der Waals surface area contributed by atoms with Crippen molar-refractivity contribution in [3.05, 3.63) is 46.8 Å². The normalized spacial score (nSPS) is 20.5. The fourth-order valence-corrected chi connectivity index (χ4v) is 4.24. The van der Waals surface area contributed by atoms with E-state index in [0.29, 0.717) is 11.7 Å². The summed E-state index contributed by atoms with van der Waals surface area (Å²) < 4.78 is 1.89. The molecule has 0 bridgehead atoms. The molecule has 7 heteroatoms. The molecule has 1 atom stereocenters. The zero-order valence-electron chi connectivity index (χ0n) is 16.0. The Morgan fingerprint density at radius 2 is 1.96 bits per heavy atom. The third-order valence-electron chi connectivity index (χ3n) is 5.93. The smallest absolute Gasteiger partial charge is 0.276 e. The molecule has 1 N–H and O–H groups in total. The lowest BCUT2D eigenvalue weighted by Gasteiger charge is -2.26. The van der Waals surface area contributed by atoms with Gasteiger partial charge >= 0.3 is 0 Å². The summed E-state index contributed by atoms with van der Waals surface area (Å²) in [5.41, 5.74) is 4.30. The van der Waals surface area contributed by atoms with Crippen LogP contribution in [0.15, 0.2) is 24.4 Å². The summed E-state index contributed by atoms with van der Waals surface area (Å²) in [6.45, 7) is 7.06. The summed E-state index contributed by atoms with van der Waals surface area (Å²) in [6, 6.07) is 6.87. The molecular weight excluding hydrogens is 362 g/mol. The van der Waals surface area contributed by atoms with Gasteiger partial charge < -0.3 is 10.2 Å². The Bertz CT molecular complexity index is 799. The summed E-state index contributed by atoms with van der Waals surface area (Å²) in [5, 5.41) is 11.8. The van der Waals surface area contributed by atoms with Crippen molar-refractivity contribution in [3.8, 4) is 0 Å². The highest BCUT2D eigenvalue weighted by atomic mass is 35.5. The predicted molar refractivity (Wildman–Crippen MR) is 107 cm³/mol. The molecule has 1 amide bonds. The van der Waals surface area contributed by atoms with Crippen molar-refractivity contribution in [1.82, 2.24) is 25.2 Å². The van der Waals surface area contributed by atoms with Crippen molar-refractivity contribution in [3.63, 3.8) is 0 Å². The Hall–Kier alpha value is -1.92. The molecule has 0 spiro atoms. The molecule has 4 rings (SSSR count). The number of halogens is 1. The van der Waals surface area contributed by atoms with Crippen molar-refractivity contribution in [2.24, 2.45) is 0 Å². The number of aromatic nitrogens is 3. The molecule has 146 valence electrons. The first-order valence-electron chi connectivity index (χ1n) is 9.65. The molecular formula is C20H28ClN5O. The van der Waals surface area contributed by atoms with Gasteiger partial charge in [-0.15, -0.1) is 17.5 Å². The predicted octanol–water partition coefficient (Wildman–Crippen LogP) is 3.22. The second kappa shape index (κ2) is 8.40. The van der Waals surface area contributed by atoms with Gasteiger partial charge in [-0.3, -0.25) is 4.79 Å². The van der Waals surface area contributed by atoms with Gasteiger partial charge in [-0.25, -0.2) is 4.68 Å². The molecule has 27 heavy (non-hydrogen) atoms. The number of rotatable bonds is 3. The number of amides is 1. The minimum Gasteiger partial charge on any atom is -0.330 e. The third-order valence-corrected chi connectivity index (χ3v) is 5.93. The van der Waals surface area contributed by atoms with E-state index >= 15 is 0 Å². The lowest BCUT2D eigenvalue weighted by atomic mass is 9.96. The summed E-state index contributed by atoms with van der Waals surface area (Å²) in [5.74, 6) is 0.00795. The average molecular weight is 390 g/mol. The van der Waals surface area contributed by atoms with E-state index in [1.165, 1.54) is 16.7 Å². The lowest BCUT2D eigenvalue weighted by molar-refractivity contribution is 0.0729. The Morgan fingerprint density at radius 1 is 1.19 bits per heavy atom. The maximum Gasteiger partial charge on any atom is 0.276 e. The molecule has 0 radical (unpaired) electrons. The highest BCUT2D eigenvalue weighted by Gasteiger charge is 2.33. The molecule has 2 saturated heterocycles. The van der Waals surface area contributed by atoms with Gasteiger partial charge in [0.1, 0.15) is 0 Å². The van der Waals surface area contributed by atoms with Gasteiger partial charge in [0.25, 0.3) is 5.91 Å². The molecule has 1 aromatic heterocycles. The van der Waals surface area contributed by atoms with Crippen molar-refractivity contribution >= 4 is 18.3 Å². The maximum atomic E-state index is 13.1. The quantitative estimate of drug-likeness (QED) is 0.875. The van der Waals surface area contributed by atoms with Crippen LogP contribution in [-0.2, 0) is 0 Å². The number of piperidine rings is 1. The second-order valence-corrected chi connectivity index (χ2v) is 7.51. The molecule has 0 saturated carbocycles. The fourth-order valence-electron chi connectivity index (χ4n) is 4.24. The van der Waals surface area contributed by atoms with Crippen LogP contribution in [0.25, 0.3) is 0 Å². The van der Waals surface area contributed by atoms with Crippen LogP contribution in [0.5, 0.6) is 0 Å². The second-order valence-electron chi connectivity index (χ2n) is 7.51. The number of benzene rings is 1. The van der Waals surface area contributed by atoms with Crippen molar-refractivity contribution in [1.29, 1.82) is 0 Å². The third kappa shape index (κ3) is 3.87. The van der Waals surface area contributed by atoms with E-state index in [2.05, 4.69) is 47.7 Å². The fraction of sp³-hybridized carbons (Fsp3) is 0.550. The molecule has 2 aromatic rings. The summed E-state index contributed by atoms with van der Waals surface area (Å²) >= 11 is 0. The number of nitrogens with zero attached hydrogens (tertiary/aromatic N) is 4. The Labute approximate surface area is 166 Å². The van der Waals surface area contributed by atoms with Crippen LogP contribution >= 0.6 is 12.4 Å². The lowest BCUT2D eigenvalue weighted by Crippen LogP contribution is -2.31. The highest BCUT2D eigenvalue weighted by Crippen LogP contribution is 2.35. The van der Waals surface area contributed by atoms with Gasteiger partial charge in [0.15, 0.2) is 5.69 Å². The number of hydrogen-bond acceptors (Lipinski definition) is 4. The zero-order valence-corrected chi connectivity index (χ0v) is 16.8. The number of aryl methyl sites for hydroxylation is 1. The Balaban J connectivity index is 0.00000210. The van der Waals surface area contributed by atoms with Gasteiger partial charge in [-0.1, -0.05) is 23.4 Å². The van der Waals surface area contributed by atoms with Gasteiger partial charge in [0, 0.05) is 6.54 Å². The highest BCUT2D eigenvalue weighted by molar-refractivity contribution is 5.92. The van der Waals surface area contributed by atoms with Crippen molar-refractivity contribution in [2.75, 3.05) is 19.6 Å². The topological polar surface area (TPSA) is 63.1 Å². The molecule has 2 fully saturated rings. The maximum absolute atomic E-state index is 13.1. The molecule has 3 heterocycles. The molecule has 0 aliphatic carbocycles. The van der Waals surface area contributed by atoms with Crippen LogP contribution in [0.3, 0.4) is 0 Å². The van der Waals surface area contributed by atoms with E-state index in [-0.39, 0.29) is 24.4 Å². The summed E-state index contributed by atoms with van der Waals surface area (Å²) in [6.07, 6.45) is 5.96. The molecule has 2 aliphatic rings. The minimum absolute atomic E-state index is 0. The molecule has 1 aromatic carbocycles. The molecule has 6 nitrogen and oxygen atoms in total. The zero-order chi connectivity index (χ0) is 18.1. The van der Waals surface area contributed by atoms with E-state index in [9.17, 15) is 4.79 Å². The van der Waals surface area contributed by atoms with Gasteiger partial charge in [-0.2, -0.15) is 0 Å². The number of hydrogen-bond donors (Lipinski definition) is 1. The minimum atomic E-state index is 0. The van der Waals surface area contributed by atoms with Crippen molar-refractivity contribution in [2.45, 2.75) is 51.6 Å². The number of nitrogens with one attached hydrogen (secondary N) is 1. The summed E-state index contributed by atoms with van der Waals surface area (Å²) in [4.78, 5) is 15.1. The first kappa shape index (κ1) is 19.8. The van der Waals surface area contributed by atoms with E-state index in [1.54, 1.807) is 0 Å². The largest absolute Gasteiger partial charge is 0.330 e. The summed E-state index contributed by atoms with van der Waals surface area (Å²) in [7, 11) is 0. The van der Waals surface area contributed by atoms with Crippen LogP contribution in [0.2, 0.25) is 0 Å². The Morgan fingerprint density at radius 3 is 2.74 bits per heavy atom. The van der Waals surface area contributed by atoms with E-state index < -0.39 is 0 Å². The van der Waals surface area contributed by atoms with Crippen LogP contribution in [0, 0.1) is 13.8 Å². The van der Waals surface area contributed by atoms with Crippen LogP contribution < -0.4 is 5.32 Å². The Kier molecular flexibility index (Phi) is 6.17.